The molecule has 2 unspecified atom stereocenters. The number of rotatable bonds is 2. The zero-order valence-corrected chi connectivity index (χ0v) is 21.3. The van der Waals surface area contributed by atoms with Gasteiger partial charge >= 0.3 is 0 Å². The summed E-state index contributed by atoms with van der Waals surface area (Å²) in [5, 5.41) is 8.06. The van der Waals surface area contributed by atoms with Crippen molar-refractivity contribution in [1.29, 1.82) is 0 Å². The van der Waals surface area contributed by atoms with Crippen molar-refractivity contribution in [3.63, 3.8) is 0 Å². The lowest BCUT2D eigenvalue weighted by Gasteiger charge is -2.47. The number of aryl methyl sites for hydroxylation is 2. The van der Waals surface area contributed by atoms with E-state index in [1.54, 1.807) is 0 Å². The Bertz CT molecular complexity index is 1630. The second kappa shape index (κ2) is 7.15. The third-order valence-electron chi connectivity index (χ3n) is 9.24. The molecule has 0 aliphatic carbocycles. The molecule has 0 spiro atoms. The minimum Gasteiger partial charge on any atom is -0.192 e. The Labute approximate surface area is 203 Å². The van der Waals surface area contributed by atoms with Crippen LogP contribution in [0.4, 0.5) is 0 Å². The number of benzene rings is 4. The third-order valence-corrected chi connectivity index (χ3v) is 9.24. The van der Waals surface area contributed by atoms with Crippen molar-refractivity contribution in [2.45, 2.75) is 65.3 Å². The maximum absolute atomic E-state index is 2.64. The van der Waals surface area contributed by atoms with Gasteiger partial charge in [-0.2, -0.15) is 4.57 Å². The summed E-state index contributed by atoms with van der Waals surface area (Å²) >= 11 is 0. The summed E-state index contributed by atoms with van der Waals surface area (Å²) in [7, 11) is 0. The number of fused-ring (bicyclic) bond motifs is 9. The summed E-state index contributed by atoms with van der Waals surface area (Å²) in [6.45, 7) is 14.3. The van der Waals surface area contributed by atoms with Gasteiger partial charge in [-0.1, -0.05) is 74.0 Å². The van der Waals surface area contributed by atoms with E-state index in [9.17, 15) is 0 Å². The van der Waals surface area contributed by atoms with Crippen molar-refractivity contribution in [2.75, 3.05) is 0 Å². The second-order valence-corrected chi connectivity index (χ2v) is 10.8. The summed E-state index contributed by atoms with van der Waals surface area (Å²) in [4.78, 5) is 0. The van der Waals surface area contributed by atoms with Gasteiger partial charge in [0, 0.05) is 24.8 Å². The van der Waals surface area contributed by atoms with Gasteiger partial charge in [-0.3, -0.25) is 0 Å². The molecule has 0 radical (unpaired) electrons. The summed E-state index contributed by atoms with van der Waals surface area (Å²) in [6, 6.07) is 25.1. The molecule has 0 bridgehead atoms. The van der Waals surface area contributed by atoms with Crippen LogP contribution in [0.5, 0.6) is 0 Å². The van der Waals surface area contributed by atoms with E-state index in [0.29, 0.717) is 0 Å². The molecule has 1 aliphatic rings. The van der Waals surface area contributed by atoms with E-state index in [-0.39, 0.29) is 11.0 Å². The van der Waals surface area contributed by atoms with Gasteiger partial charge < -0.3 is 0 Å². The molecule has 1 aliphatic heterocycles. The van der Waals surface area contributed by atoms with Crippen LogP contribution in [0.25, 0.3) is 43.6 Å². The van der Waals surface area contributed by atoms with Crippen LogP contribution in [-0.2, 0) is 11.0 Å². The van der Waals surface area contributed by atoms with Crippen LogP contribution in [0, 0.1) is 13.8 Å². The van der Waals surface area contributed by atoms with Crippen LogP contribution in [-0.4, -0.2) is 0 Å². The van der Waals surface area contributed by atoms with Crippen LogP contribution in [0.2, 0.25) is 0 Å². The molecule has 1 heteroatoms. The Morgan fingerprint density at radius 2 is 1.24 bits per heavy atom. The van der Waals surface area contributed by atoms with Gasteiger partial charge in [-0.05, 0) is 65.9 Å². The lowest BCUT2D eigenvalue weighted by atomic mass is 9.59. The Kier molecular flexibility index (Phi) is 4.49. The molecular weight excluding hydrogens is 410 g/mol. The van der Waals surface area contributed by atoms with Crippen LogP contribution in [0.15, 0.2) is 72.9 Å². The SMILES string of the molecule is CCC1(C)c2c(C)cc(C)cc2-c2cc3c4ccccc4c4ccccc4c3c[n+]2C1(C)CC. The molecule has 6 rings (SSSR count). The first-order valence-electron chi connectivity index (χ1n) is 12.8. The Hall–Kier alpha value is -3.19. The largest absolute Gasteiger partial charge is 0.213 e. The topological polar surface area (TPSA) is 3.88 Å². The number of hydrogen-bond acceptors (Lipinski definition) is 0. The van der Waals surface area contributed by atoms with E-state index < -0.39 is 0 Å². The molecule has 0 amide bonds. The van der Waals surface area contributed by atoms with Gasteiger partial charge in [-0.15, -0.1) is 0 Å². The fourth-order valence-corrected chi connectivity index (χ4v) is 7.07. The van der Waals surface area contributed by atoms with E-state index in [1.807, 2.05) is 0 Å². The molecular formula is C33H34N+. The zero-order valence-electron chi connectivity index (χ0n) is 21.3. The van der Waals surface area contributed by atoms with E-state index in [1.165, 1.54) is 60.3 Å². The van der Waals surface area contributed by atoms with Crippen LogP contribution < -0.4 is 4.57 Å². The normalized spacial score (nSPS) is 21.7. The van der Waals surface area contributed by atoms with E-state index in [0.717, 1.165) is 12.8 Å². The minimum absolute atomic E-state index is 0.0228. The average Bonchev–Trinajstić information content (AvgIpc) is 2.86. The first-order valence-corrected chi connectivity index (χ1v) is 12.8. The van der Waals surface area contributed by atoms with Crippen molar-refractivity contribution >= 4 is 32.3 Å². The number of hydrogen-bond donors (Lipinski definition) is 0. The molecule has 0 saturated carbocycles. The average molecular weight is 445 g/mol. The second-order valence-electron chi connectivity index (χ2n) is 10.8. The lowest BCUT2D eigenvalue weighted by Crippen LogP contribution is -2.67. The van der Waals surface area contributed by atoms with Gasteiger partial charge in [0.25, 0.3) is 0 Å². The standard InChI is InChI=1S/C33H34N/c1-7-32(5)31-22(4)17-21(3)18-28(31)30-19-27-25-15-11-9-13-23(25)24-14-10-12-16-26(24)29(27)20-34(30)33(32,6)8-2/h9-20H,7-8H2,1-6H3/q+1. The van der Waals surface area contributed by atoms with Crippen LogP contribution in [0.1, 0.15) is 57.2 Å². The van der Waals surface area contributed by atoms with Crippen LogP contribution >= 0.6 is 0 Å². The van der Waals surface area contributed by atoms with E-state index >= 15 is 0 Å². The number of nitrogens with zero attached hydrogens (tertiary/aromatic N) is 1. The molecule has 4 aromatic carbocycles. The Morgan fingerprint density at radius 3 is 1.79 bits per heavy atom. The fourth-order valence-electron chi connectivity index (χ4n) is 7.07. The molecule has 2 atom stereocenters. The predicted octanol–water partition coefficient (Wildman–Crippen LogP) is 8.52. The first-order chi connectivity index (χ1) is 16.3. The zero-order chi connectivity index (χ0) is 23.8. The van der Waals surface area contributed by atoms with Gasteiger partial charge in [0.05, 0.1) is 16.4 Å². The molecule has 170 valence electrons. The molecule has 0 N–H and O–H groups in total. The highest BCUT2D eigenvalue weighted by Gasteiger charge is 2.57. The van der Waals surface area contributed by atoms with Gasteiger partial charge in [0.15, 0.2) is 11.7 Å². The Morgan fingerprint density at radius 1 is 0.676 bits per heavy atom. The lowest BCUT2D eigenvalue weighted by molar-refractivity contribution is -0.764. The highest BCUT2D eigenvalue weighted by atomic mass is 15.1. The highest BCUT2D eigenvalue weighted by molar-refractivity contribution is 6.25. The van der Waals surface area contributed by atoms with Crippen molar-refractivity contribution in [1.82, 2.24) is 0 Å². The fraction of sp³-hybridized carbons (Fsp3) is 0.303. The monoisotopic (exact) mass is 444 g/mol. The molecule has 5 aromatic rings. The highest BCUT2D eigenvalue weighted by Crippen LogP contribution is 2.51. The van der Waals surface area contributed by atoms with Gasteiger partial charge in [0.1, 0.15) is 0 Å². The Balaban J connectivity index is 1.88. The van der Waals surface area contributed by atoms with Crippen LogP contribution in [0.3, 0.4) is 0 Å². The summed E-state index contributed by atoms with van der Waals surface area (Å²) < 4.78 is 2.64. The van der Waals surface area contributed by atoms with E-state index in [4.69, 9.17) is 0 Å². The number of pyridine rings is 1. The molecule has 2 heterocycles. The molecule has 34 heavy (non-hydrogen) atoms. The van der Waals surface area contributed by atoms with Crippen molar-refractivity contribution in [2.24, 2.45) is 0 Å². The molecule has 0 fully saturated rings. The first kappa shape index (κ1) is 21.4. The molecule has 1 nitrogen and oxygen atoms in total. The van der Waals surface area contributed by atoms with Gasteiger partial charge in [-0.25, -0.2) is 0 Å². The number of aromatic nitrogens is 1. The molecule has 1 aromatic heterocycles. The third kappa shape index (κ3) is 2.53. The molecule has 0 saturated heterocycles. The van der Waals surface area contributed by atoms with Gasteiger partial charge in [0.2, 0.25) is 5.69 Å². The maximum Gasteiger partial charge on any atom is 0.213 e. The summed E-state index contributed by atoms with van der Waals surface area (Å²) in [5.41, 5.74) is 7.09. The van der Waals surface area contributed by atoms with Crippen molar-refractivity contribution < 1.29 is 4.57 Å². The van der Waals surface area contributed by atoms with E-state index in [2.05, 4.69) is 119 Å². The smallest absolute Gasteiger partial charge is 0.192 e. The van der Waals surface area contributed by atoms with Crippen molar-refractivity contribution in [3.8, 4) is 11.3 Å². The summed E-state index contributed by atoms with van der Waals surface area (Å²) in [6.07, 6.45) is 4.67. The quantitative estimate of drug-likeness (QED) is 0.190. The predicted molar refractivity (Wildman–Crippen MR) is 146 cm³/mol. The minimum atomic E-state index is -0.0228. The maximum atomic E-state index is 2.64. The van der Waals surface area contributed by atoms with Crippen molar-refractivity contribution in [3.05, 3.63) is 89.6 Å². The summed E-state index contributed by atoms with van der Waals surface area (Å²) in [5.74, 6) is 0.